The zero-order chi connectivity index (χ0) is 26.2. The van der Waals surface area contributed by atoms with Gasteiger partial charge in [-0.2, -0.15) is 0 Å². The number of hydrogen-bond donors (Lipinski definition) is 0. The minimum atomic E-state index is 0.930. The summed E-state index contributed by atoms with van der Waals surface area (Å²) in [5.41, 5.74) is 6.89. The molecule has 0 fully saturated rings. The van der Waals surface area contributed by atoms with Crippen molar-refractivity contribution in [1.82, 2.24) is 0 Å². The van der Waals surface area contributed by atoms with E-state index in [-0.39, 0.29) is 0 Å². The highest BCUT2D eigenvalue weighted by molar-refractivity contribution is 7.18. The highest BCUT2D eigenvalue weighted by atomic mass is 32.1. The number of furan rings is 1. The molecule has 2 heterocycles. The second-order valence-corrected chi connectivity index (χ2v) is 11.4. The molecule has 0 radical (unpaired) electrons. The summed E-state index contributed by atoms with van der Waals surface area (Å²) in [4.78, 5) is 0. The van der Waals surface area contributed by atoms with Gasteiger partial charge in [0.1, 0.15) is 5.58 Å². The lowest BCUT2D eigenvalue weighted by atomic mass is 9.84. The van der Waals surface area contributed by atoms with E-state index < -0.39 is 0 Å². The normalized spacial score (nSPS) is 12.0. The molecule has 0 unspecified atom stereocenters. The lowest BCUT2D eigenvalue weighted by Gasteiger charge is -2.18. The molecule has 9 aromatic rings. The third kappa shape index (κ3) is 3.03. The summed E-state index contributed by atoms with van der Waals surface area (Å²) in [6.07, 6.45) is 0. The van der Waals surface area contributed by atoms with Crippen molar-refractivity contribution in [3.8, 4) is 22.3 Å². The van der Waals surface area contributed by atoms with Crippen LogP contribution < -0.4 is 0 Å². The Morgan fingerprint density at radius 1 is 0.450 bits per heavy atom. The molecule has 0 aliphatic carbocycles. The molecule has 0 N–H and O–H groups in total. The Bertz CT molecular complexity index is 2380. The molecule has 1 nitrogen and oxygen atoms in total. The van der Waals surface area contributed by atoms with Crippen molar-refractivity contribution in [3.63, 3.8) is 0 Å². The Balaban J connectivity index is 1.39. The van der Waals surface area contributed by atoms with Crippen LogP contribution in [0.1, 0.15) is 0 Å². The first-order valence-electron chi connectivity index (χ1n) is 13.6. The van der Waals surface area contributed by atoms with Gasteiger partial charge in [0.25, 0.3) is 0 Å². The van der Waals surface area contributed by atoms with Crippen LogP contribution in [-0.4, -0.2) is 0 Å². The van der Waals surface area contributed by atoms with E-state index in [9.17, 15) is 0 Å². The summed E-state index contributed by atoms with van der Waals surface area (Å²) in [6, 6.07) is 46.3. The molecular weight excluding hydrogens is 504 g/mol. The predicted octanol–water partition coefficient (Wildman–Crippen LogP) is 11.6. The average molecular weight is 527 g/mol. The van der Waals surface area contributed by atoms with Crippen LogP contribution in [0, 0.1) is 0 Å². The third-order valence-electron chi connectivity index (χ3n) is 8.34. The van der Waals surface area contributed by atoms with Crippen LogP contribution in [0.2, 0.25) is 0 Å². The summed E-state index contributed by atoms with van der Waals surface area (Å²) in [5, 5.41) is 13.3. The standard InChI is InChI=1S/C38H22OS/c1-2-10-26-23(8-1)9-7-15-28(26)36-31-13-5-3-11-29(31)35(30-12-4-6-14-32(30)36)25-17-18-27-33-19-16-24-20-21-40-38(24)37(33)39-34(27)22-25/h1-22H. The SMILES string of the molecule is c1ccc2c(-c3c4ccccc4c(-c4ccc5c(c4)oc4c5ccc5ccsc54)c4ccccc34)cccc2c1. The van der Waals surface area contributed by atoms with Gasteiger partial charge in [-0.25, -0.2) is 0 Å². The van der Waals surface area contributed by atoms with Crippen molar-refractivity contribution in [3.05, 3.63) is 133 Å². The molecule has 9 rings (SSSR count). The van der Waals surface area contributed by atoms with Crippen molar-refractivity contribution in [2.45, 2.75) is 0 Å². The van der Waals surface area contributed by atoms with Crippen molar-refractivity contribution < 1.29 is 4.42 Å². The second-order valence-electron chi connectivity index (χ2n) is 10.5. The van der Waals surface area contributed by atoms with Crippen LogP contribution in [0.3, 0.4) is 0 Å². The number of rotatable bonds is 2. The van der Waals surface area contributed by atoms with Crippen LogP contribution in [-0.2, 0) is 0 Å². The first kappa shape index (κ1) is 22.0. The number of hydrogen-bond acceptors (Lipinski definition) is 2. The van der Waals surface area contributed by atoms with E-state index in [0.717, 1.165) is 16.6 Å². The summed E-state index contributed by atoms with van der Waals surface area (Å²) in [6.45, 7) is 0. The number of benzene rings is 7. The van der Waals surface area contributed by atoms with E-state index in [4.69, 9.17) is 4.42 Å². The Labute approximate surface area is 234 Å². The van der Waals surface area contributed by atoms with E-state index in [1.807, 2.05) is 0 Å². The molecule has 40 heavy (non-hydrogen) atoms. The Morgan fingerprint density at radius 2 is 1.10 bits per heavy atom. The summed E-state index contributed by atoms with van der Waals surface area (Å²) in [5.74, 6) is 0. The Morgan fingerprint density at radius 3 is 1.88 bits per heavy atom. The van der Waals surface area contributed by atoms with Crippen LogP contribution in [0.25, 0.3) is 86.6 Å². The smallest absolute Gasteiger partial charge is 0.153 e. The molecule has 0 aliphatic heterocycles. The molecule has 0 spiro atoms. The van der Waals surface area contributed by atoms with Crippen molar-refractivity contribution in [2.75, 3.05) is 0 Å². The molecule has 186 valence electrons. The monoisotopic (exact) mass is 526 g/mol. The second kappa shape index (κ2) is 8.29. The molecule has 7 aromatic carbocycles. The maximum atomic E-state index is 6.56. The fourth-order valence-corrected chi connectivity index (χ4v) is 7.47. The number of fused-ring (bicyclic) bond motifs is 8. The van der Waals surface area contributed by atoms with E-state index in [1.165, 1.54) is 70.0 Å². The van der Waals surface area contributed by atoms with Crippen LogP contribution >= 0.6 is 11.3 Å². The van der Waals surface area contributed by atoms with Gasteiger partial charge in [0.2, 0.25) is 0 Å². The van der Waals surface area contributed by atoms with Crippen LogP contribution in [0.4, 0.5) is 0 Å². The quantitative estimate of drug-likeness (QED) is 0.204. The van der Waals surface area contributed by atoms with Gasteiger partial charge in [-0.1, -0.05) is 103 Å². The van der Waals surface area contributed by atoms with Gasteiger partial charge < -0.3 is 4.42 Å². The lowest BCUT2D eigenvalue weighted by molar-refractivity contribution is 0.673. The van der Waals surface area contributed by atoms with E-state index in [0.29, 0.717) is 0 Å². The van der Waals surface area contributed by atoms with Gasteiger partial charge in [0, 0.05) is 10.8 Å². The molecule has 0 atom stereocenters. The summed E-state index contributed by atoms with van der Waals surface area (Å²) < 4.78 is 7.78. The lowest BCUT2D eigenvalue weighted by Crippen LogP contribution is -1.91. The van der Waals surface area contributed by atoms with Crippen LogP contribution in [0.15, 0.2) is 137 Å². The zero-order valence-corrected chi connectivity index (χ0v) is 22.3. The molecule has 0 bridgehead atoms. The minimum absolute atomic E-state index is 0.930. The first-order valence-corrected chi connectivity index (χ1v) is 14.5. The van der Waals surface area contributed by atoms with Gasteiger partial charge in [0.05, 0.1) is 4.70 Å². The molecule has 0 aliphatic rings. The molecular formula is C38H22OS. The fourth-order valence-electron chi connectivity index (χ4n) is 6.59. The van der Waals surface area contributed by atoms with E-state index >= 15 is 0 Å². The van der Waals surface area contributed by atoms with E-state index in [1.54, 1.807) is 11.3 Å². The van der Waals surface area contributed by atoms with Gasteiger partial charge >= 0.3 is 0 Å². The predicted molar refractivity (Wildman–Crippen MR) is 172 cm³/mol. The maximum Gasteiger partial charge on any atom is 0.153 e. The minimum Gasteiger partial charge on any atom is -0.455 e. The Hall–Kier alpha value is -4.92. The van der Waals surface area contributed by atoms with Crippen molar-refractivity contribution >= 4 is 75.7 Å². The molecule has 2 heteroatoms. The number of thiophene rings is 1. The third-order valence-corrected chi connectivity index (χ3v) is 9.27. The Kier molecular flexibility index (Phi) is 4.55. The van der Waals surface area contributed by atoms with Crippen LogP contribution in [0.5, 0.6) is 0 Å². The largest absolute Gasteiger partial charge is 0.455 e. The van der Waals surface area contributed by atoms with Gasteiger partial charge in [-0.3, -0.25) is 0 Å². The molecule has 0 saturated heterocycles. The average Bonchev–Trinajstić information content (AvgIpc) is 3.64. The molecule has 0 saturated carbocycles. The highest BCUT2D eigenvalue weighted by Crippen LogP contribution is 2.46. The van der Waals surface area contributed by atoms with E-state index in [2.05, 4.69) is 133 Å². The highest BCUT2D eigenvalue weighted by Gasteiger charge is 2.19. The molecule has 2 aromatic heterocycles. The summed E-state index contributed by atoms with van der Waals surface area (Å²) in [7, 11) is 0. The summed E-state index contributed by atoms with van der Waals surface area (Å²) >= 11 is 1.74. The zero-order valence-electron chi connectivity index (χ0n) is 21.5. The van der Waals surface area contributed by atoms with Crippen molar-refractivity contribution in [2.24, 2.45) is 0 Å². The van der Waals surface area contributed by atoms with Gasteiger partial charge in [-0.05, 0) is 89.6 Å². The maximum absolute atomic E-state index is 6.56. The van der Waals surface area contributed by atoms with Crippen molar-refractivity contribution in [1.29, 1.82) is 0 Å². The molecule has 0 amide bonds. The van der Waals surface area contributed by atoms with Gasteiger partial charge in [0.15, 0.2) is 5.58 Å². The topological polar surface area (TPSA) is 13.1 Å². The van der Waals surface area contributed by atoms with Gasteiger partial charge in [-0.15, -0.1) is 11.3 Å². The fraction of sp³-hybridized carbons (Fsp3) is 0. The first-order chi connectivity index (χ1) is 19.8.